The van der Waals surface area contributed by atoms with Crippen LogP contribution in [0.15, 0.2) is 24.3 Å². The molecule has 0 radical (unpaired) electrons. The summed E-state index contributed by atoms with van der Waals surface area (Å²) >= 11 is 0. The van der Waals surface area contributed by atoms with E-state index in [0.717, 1.165) is 38.8 Å². The SMILES string of the molecule is CCCCCCCCCCOC[C@@]12O[C@@H](CN3CCCCCC3)[C@@H](OC(=O)Nc3ccc(CC(=O)O)cc3)[C@@H]1OC(C)(C)O2.NC(CO)(CO)CO. The predicted octanol–water partition coefficient (Wildman–Crippen LogP) is 4.17. The number of carboxylic acids is 1. The molecule has 3 saturated heterocycles. The van der Waals surface area contributed by atoms with Gasteiger partial charge in [-0.05, 0) is 63.9 Å². The number of nitrogens with two attached hydrogens (primary N) is 1. The molecule has 3 heterocycles. The molecule has 1 amide bonds. The van der Waals surface area contributed by atoms with E-state index >= 15 is 0 Å². The van der Waals surface area contributed by atoms with Crippen LogP contribution in [-0.2, 0) is 34.9 Å². The van der Waals surface area contributed by atoms with Crippen molar-refractivity contribution in [2.24, 2.45) is 5.73 Å². The highest BCUT2D eigenvalue weighted by atomic mass is 16.9. The van der Waals surface area contributed by atoms with Crippen molar-refractivity contribution in [1.29, 1.82) is 0 Å². The predicted molar refractivity (Wildman–Crippen MR) is 196 cm³/mol. The number of hydrogen-bond acceptors (Lipinski definition) is 12. The van der Waals surface area contributed by atoms with Crippen molar-refractivity contribution < 1.29 is 53.7 Å². The molecular formula is C38H65N3O11. The van der Waals surface area contributed by atoms with Crippen LogP contribution in [0.25, 0.3) is 0 Å². The molecule has 3 fully saturated rings. The van der Waals surface area contributed by atoms with Crippen LogP contribution in [-0.4, -0.2) is 125 Å². The number of carbonyl (C=O) groups excluding carboxylic acids is 1. The number of carbonyl (C=O) groups is 2. The summed E-state index contributed by atoms with van der Waals surface area (Å²) in [5.41, 5.74) is 5.09. The molecule has 1 aromatic rings. The van der Waals surface area contributed by atoms with Gasteiger partial charge in [0.15, 0.2) is 18.0 Å². The number of amides is 1. The van der Waals surface area contributed by atoms with Gasteiger partial charge >= 0.3 is 12.1 Å². The topological polar surface area (TPSA) is 202 Å². The van der Waals surface area contributed by atoms with Crippen LogP contribution in [0.3, 0.4) is 0 Å². The number of nitrogens with one attached hydrogen (secondary N) is 1. The number of carboxylic acid groups (broad SMARTS) is 1. The summed E-state index contributed by atoms with van der Waals surface area (Å²) in [6, 6.07) is 6.69. The Morgan fingerprint density at radius 3 is 2.08 bits per heavy atom. The van der Waals surface area contributed by atoms with Crippen molar-refractivity contribution in [1.82, 2.24) is 4.90 Å². The molecule has 3 aliphatic rings. The van der Waals surface area contributed by atoms with Crippen molar-refractivity contribution in [3.8, 4) is 0 Å². The maximum atomic E-state index is 13.2. The van der Waals surface area contributed by atoms with Crippen LogP contribution >= 0.6 is 0 Å². The van der Waals surface area contributed by atoms with E-state index in [2.05, 4.69) is 17.1 Å². The van der Waals surface area contributed by atoms with Gasteiger partial charge in [0.1, 0.15) is 12.7 Å². The molecule has 0 unspecified atom stereocenters. The molecule has 298 valence electrons. The molecule has 4 atom stereocenters. The molecule has 52 heavy (non-hydrogen) atoms. The van der Waals surface area contributed by atoms with Crippen molar-refractivity contribution in [3.05, 3.63) is 29.8 Å². The molecule has 3 aliphatic heterocycles. The minimum Gasteiger partial charge on any atom is -0.481 e. The number of nitrogens with zero attached hydrogens (tertiary/aromatic N) is 1. The van der Waals surface area contributed by atoms with E-state index in [1.807, 2.05) is 13.8 Å². The summed E-state index contributed by atoms with van der Waals surface area (Å²) < 4.78 is 31.7. The lowest BCUT2D eigenvalue weighted by Crippen LogP contribution is -2.50. The molecule has 0 spiro atoms. The molecule has 0 aliphatic carbocycles. The van der Waals surface area contributed by atoms with Gasteiger partial charge in [-0.2, -0.15) is 0 Å². The second-order valence-corrected chi connectivity index (χ2v) is 14.8. The summed E-state index contributed by atoms with van der Waals surface area (Å²) in [6.07, 6.45) is 12.0. The Hall–Kier alpha value is -2.40. The maximum absolute atomic E-state index is 13.2. The highest BCUT2D eigenvalue weighted by Crippen LogP contribution is 2.47. The number of fused-ring (bicyclic) bond motifs is 1. The number of aliphatic carboxylic acids is 1. The largest absolute Gasteiger partial charge is 0.481 e. The number of unbranched alkanes of at least 4 members (excludes halogenated alkanes) is 7. The van der Waals surface area contributed by atoms with Crippen LogP contribution < -0.4 is 11.1 Å². The van der Waals surface area contributed by atoms with Gasteiger partial charge in [-0.25, -0.2) is 4.79 Å². The van der Waals surface area contributed by atoms with Crippen molar-refractivity contribution in [2.75, 3.05) is 58.0 Å². The fourth-order valence-corrected chi connectivity index (χ4v) is 6.67. The Morgan fingerprint density at radius 1 is 0.923 bits per heavy atom. The lowest BCUT2D eigenvalue weighted by Gasteiger charge is -2.31. The standard InChI is InChI=1S/C34H54N2O8.C4H11NO3/c1-4-5-6-7-8-9-12-15-22-40-25-34-31(43-33(2,3)44-34)30(28(42-34)24-36-20-13-10-11-14-21-36)41-32(39)35-27-18-16-26(17-19-27)23-29(37)38;5-4(1-6,2-7)3-8/h16-19,28,30-31H,4-15,20-25H2,1-3H3,(H,35,39)(H,37,38);6-8H,1-3,5H2/t28-,30+,31-,34-;/m0./s1. The smallest absolute Gasteiger partial charge is 0.412 e. The van der Waals surface area contributed by atoms with Gasteiger partial charge in [0.25, 0.3) is 0 Å². The Kier molecular flexibility index (Phi) is 18.7. The first kappa shape index (κ1) is 44.0. The second-order valence-electron chi connectivity index (χ2n) is 14.8. The van der Waals surface area contributed by atoms with Crippen molar-refractivity contribution >= 4 is 17.7 Å². The number of likely N-dealkylation sites (tertiary alicyclic amines) is 1. The molecule has 14 heteroatoms. The maximum Gasteiger partial charge on any atom is 0.412 e. The number of ether oxygens (including phenoxy) is 5. The monoisotopic (exact) mass is 739 g/mol. The molecule has 0 bridgehead atoms. The average molecular weight is 740 g/mol. The van der Waals surface area contributed by atoms with E-state index in [4.69, 9.17) is 49.8 Å². The van der Waals surface area contributed by atoms with Crippen molar-refractivity contribution in [2.45, 2.75) is 140 Å². The van der Waals surface area contributed by atoms with Crippen LogP contribution in [0.5, 0.6) is 0 Å². The van der Waals surface area contributed by atoms with Gasteiger partial charge in [0.2, 0.25) is 5.79 Å². The van der Waals surface area contributed by atoms with E-state index in [-0.39, 0.29) is 13.0 Å². The average Bonchev–Trinajstić information content (AvgIpc) is 3.35. The van der Waals surface area contributed by atoms with E-state index in [1.54, 1.807) is 24.3 Å². The third-order valence-electron chi connectivity index (χ3n) is 9.60. The third-order valence-corrected chi connectivity index (χ3v) is 9.60. The zero-order valence-electron chi connectivity index (χ0n) is 31.6. The Bertz CT molecular complexity index is 1170. The summed E-state index contributed by atoms with van der Waals surface area (Å²) in [7, 11) is 0. The molecule has 0 saturated carbocycles. The van der Waals surface area contributed by atoms with Crippen LogP contribution in [0, 0.1) is 0 Å². The lowest BCUT2D eigenvalue weighted by atomic mass is 10.0. The summed E-state index contributed by atoms with van der Waals surface area (Å²) in [5.74, 6) is -3.02. The normalized spacial score (nSPS) is 24.4. The van der Waals surface area contributed by atoms with Crippen LogP contribution in [0.4, 0.5) is 10.5 Å². The Labute approximate surface area is 309 Å². The molecular weight excluding hydrogens is 674 g/mol. The van der Waals surface area contributed by atoms with Crippen LogP contribution in [0.2, 0.25) is 0 Å². The quantitative estimate of drug-likeness (QED) is 0.104. The number of aliphatic hydroxyl groups excluding tert-OH is 3. The van der Waals surface area contributed by atoms with E-state index in [1.165, 1.54) is 51.4 Å². The Balaban J connectivity index is 0.000000815. The molecule has 14 nitrogen and oxygen atoms in total. The van der Waals surface area contributed by atoms with Gasteiger partial charge in [-0.3, -0.25) is 10.1 Å². The number of anilines is 1. The van der Waals surface area contributed by atoms with E-state index in [0.29, 0.717) is 24.4 Å². The van der Waals surface area contributed by atoms with Gasteiger partial charge in [0, 0.05) is 18.8 Å². The molecule has 4 rings (SSSR count). The fourth-order valence-electron chi connectivity index (χ4n) is 6.67. The number of rotatable bonds is 20. The van der Waals surface area contributed by atoms with Crippen molar-refractivity contribution in [3.63, 3.8) is 0 Å². The molecule has 1 aromatic carbocycles. The highest BCUT2D eigenvalue weighted by Gasteiger charge is 2.66. The zero-order valence-corrected chi connectivity index (χ0v) is 31.6. The summed E-state index contributed by atoms with van der Waals surface area (Å²) in [4.78, 5) is 26.6. The van der Waals surface area contributed by atoms with Gasteiger partial charge in [-0.15, -0.1) is 0 Å². The van der Waals surface area contributed by atoms with Gasteiger partial charge in [0.05, 0.1) is 31.8 Å². The second kappa shape index (κ2) is 22.1. The minimum atomic E-state index is -1.21. The molecule has 7 N–H and O–H groups in total. The lowest BCUT2D eigenvalue weighted by molar-refractivity contribution is -0.279. The fraction of sp³-hybridized carbons (Fsp3) is 0.789. The van der Waals surface area contributed by atoms with Crippen LogP contribution in [0.1, 0.15) is 103 Å². The minimum absolute atomic E-state index is 0.0830. The first-order chi connectivity index (χ1) is 24.9. The first-order valence-corrected chi connectivity index (χ1v) is 19.1. The van der Waals surface area contributed by atoms with Gasteiger partial charge in [-0.1, -0.05) is 76.8 Å². The van der Waals surface area contributed by atoms with E-state index < -0.39 is 67.3 Å². The third kappa shape index (κ3) is 14.4. The van der Waals surface area contributed by atoms with Gasteiger partial charge < -0.3 is 54.7 Å². The number of benzene rings is 1. The number of aliphatic hydroxyl groups is 3. The Morgan fingerprint density at radius 2 is 1.52 bits per heavy atom. The van der Waals surface area contributed by atoms with E-state index in [9.17, 15) is 9.59 Å². The first-order valence-electron chi connectivity index (χ1n) is 19.1. The zero-order chi connectivity index (χ0) is 38.0. The number of hydrogen-bond donors (Lipinski definition) is 6. The summed E-state index contributed by atoms with van der Waals surface area (Å²) in [5, 5.41) is 36.8. The molecule has 0 aromatic heterocycles. The highest BCUT2D eigenvalue weighted by molar-refractivity contribution is 5.85. The summed E-state index contributed by atoms with van der Waals surface area (Å²) in [6.45, 7) is 8.07.